The lowest BCUT2D eigenvalue weighted by molar-refractivity contribution is 0.229. The number of nitrogens with one attached hydrogen (secondary N) is 1. The number of hydrogen-bond acceptors (Lipinski definition) is 2. The zero-order chi connectivity index (χ0) is 16.4. The van der Waals surface area contributed by atoms with Crippen LogP contribution < -0.4 is 11.1 Å². The van der Waals surface area contributed by atoms with Gasteiger partial charge in [0.2, 0.25) is 0 Å². The van der Waals surface area contributed by atoms with Crippen LogP contribution in [0, 0.1) is 0 Å². The third-order valence-electron chi connectivity index (χ3n) is 4.47. The van der Waals surface area contributed by atoms with Crippen LogP contribution in [0.5, 0.6) is 0 Å². The molecule has 1 aromatic rings. The third-order valence-corrected chi connectivity index (χ3v) is 4.85. The van der Waals surface area contributed by atoms with Crippen molar-refractivity contribution in [1.29, 1.82) is 0 Å². The van der Waals surface area contributed by atoms with Gasteiger partial charge in [0.1, 0.15) is 0 Å². The summed E-state index contributed by atoms with van der Waals surface area (Å²) in [5.41, 5.74) is 9.17. The molecule has 1 aliphatic heterocycles. The Bertz CT molecular complexity index is 552. The van der Waals surface area contributed by atoms with Crippen LogP contribution in [0.3, 0.4) is 0 Å². The molecular formula is C18H27N3S. The summed E-state index contributed by atoms with van der Waals surface area (Å²) in [6, 6.07) is 8.74. The fourth-order valence-electron chi connectivity index (χ4n) is 2.87. The van der Waals surface area contributed by atoms with E-state index in [1.165, 1.54) is 11.1 Å². The van der Waals surface area contributed by atoms with E-state index in [1.807, 2.05) is 0 Å². The average Bonchev–Trinajstić information content (AvgIpc) is 2.47. The number of nitrogens with two attached hydrogens (primary N) is 1. The van der Waals surface area contributed by atoms with Crippen LogP contribution >= 0.6 is 12.2 Å². The quantitative estimate of drug-likeness (QED) is 0.822. The van der Waals surface area contributed by atoms with Gasteiger partial charge in [-0.1, -0.05) is 51.6 Å². The van der Waals surface area contributed by atoms with E-state index in [-0.39, 0.29) is 11.0 Å². The molecule has 1 aliphatic rings. The Kier molecular flexibility index (Phi) is 4.93. The van der Waals surface area contributed by atoms with Gasteiger partial charge in [-0.2, -0.15) is 0 Å². The van der Waals surface area contributed by atoms with Gasteiger partial charge in [-0.15, -0.1) is 0 Å². The Morgan fingerprint density at radius 1 is 1.36 bits per heavy atom. The van der Waals surface area contributed by atoms with E-state index >= 15 is 0 Å². The van der Waals surface area contributed by atoms with Gasteiger partial charge in [-0.3, -0.25) is 0 Å². The highest BCUT2D eigenvalue weighted by atomic mass is 32.1. The summed E-state index contributed by atoms with van der Waals surface area (Å²) in [6.07, 6.45) is 3.43. The summed E-state index contributed by atoms with van der Waals surface area (Å²) in [5.74, 6) is 0. The van der Waals surface area contributed by atoms with Crippen LogP contribution in [0.15, 0.2) is 37.0 Å². The normalized spacial score (nSPS) is 17.9. The van der Waals surface area contributed by atoms with Gasteiger partial charge in [-0.05, 0) is 47.8 Å². The number of likely N-dealkylation sites (tertiary alicyclic amines) is 1. The molecule has 120 valence electrons. The van der Waals surface area contributed by atoms with E-state index in [9.17, 15) is 0 Å². The Morgan fingerprint density at radius 2 is 2.00 bits per heavy atom. The molecule has 4 heteroatoms. The lowest BCUT2D eigenvalue weighted by atomic mass is 9.78. The molecule has 1 saturated heterocycles. The molecule has 1 aromatic carbocycles. The molecule has 0 bridgehead atoms. The average molecular weight is 318 g/mol. The molecule has 0 radical (unpaired) electrons. The van der Waals surface area contributed by atoms with Crippen molar-refractivity contribution in [2.24, 2.45) is 5.73 Å². The first-order valence-electron chi connectivity index (χ1n) is 7.82. The molecule has 0 unspecified atom stereocenters. The summed E-state index contributed by atoms with van der Waals surface area (Å²) < 4.78 is 0. The van der Waals surface area contributed by atoms with Crippen molar-refractivity contribution in [2.75, 3.05) is 13.1 Å². The zero-order valence-corrected chi connectivity index (χ0v) is 14.7. The molecule has 0 atom stereocenters. The molecule has 0 aliphatic carbocycles. The summed E-state index contributed by atoms with van der Waals surface area (Å²) in [4.78, 5) is 2.16. The minimum Gasteiger partial charge on any atom is -0.349 e. The van der Waals surface area contributed by atoms with Gasteiger partial charge >= 0.3 is 0 Å². The van der Waals surface area contributed by atoms with Gasteiger partial charge in [0, 0.05) is 18.6 Å². The Labute approximate surface area is 139 Å². The van der Waals surface area contributed by atoms with Crippen molar-refractivity contribution in [3.05, 3.63) is 48.2 Å². The van der Waals surface area contributed by atoms with Crippen LogP contribution in [0.2, 0.25) is 0 Å². The maximum Gasteiger partial charge on any atom is 0.172 e. The van der Waals surface area contributed by atoms with E-state index < -0.39 is 0 Å². The largest absolute Gasteiger partial charge is 0.349 e. The van der Waals surface area contributed by atoms with E-state index in [1.54, 1.807) is 6.20 Å². The van der Waals surface area contributed by atoms with Crippen molar-refractivity contribution in [2.45, 2.75) is 44.6 Å². The Hall–Kier alpha value is -1.39. The molecule has 0 spiro atoms. The van der Waals surface area contributed by atoms with Crippen LogP contribution in [0.1, 0.15) is 44.7 Å². The minimum atomic E-state index is -0.262. The topological polar surface area (TPSA) is 41.3 Å². The molecule has 0 aromatic heterocycles. The molecule has 1 fully saturated rings. The van der Waals surface area contributed by atoms with E-state index in [0.29, 0.717) is 0 Å². The molecule has 0 amide bonds. The molecular weight excluding hydrogens is 290 g/mol. The molecule has 1 heterocycles. The molecule has 0 saturated carbocycles. The van der Waals surface area contributed by atoms with Crippen LogP contribution in [-0.4, -0.2) is 23.1 Å². The van der Waals surface area contributed by atoms with Crippen LogP contribution in [0.4, 0.5) is 0 Å². The van der Waals surface area contributed by atoms with E-state index in [2.05, 4.69) is 61.8 Å². The van der Waals surface area contributed by atoms with Crippen molar-refractivity contribution < 1.29 is 0 Å². The predicted molar refractivity (Wildman–Crippen MR) is 97.7 cm³/mol. The second-order valence-corrected chi connectivity index (χ2v) is 7.51. The zero-order valence-electron chi connectivity index (χ0n) is 13.9. The van der Waals surface area contributed by atoms with Crippen molar-refractivity contribution in [3.63, 3.8) is 0 Å². The van der Waals surface area contributed by atoms with Crippen molar-refractivity contribution >= 4 is 17.3 Å². The highest BCUT2D eigenvalue weighted by Gasteiger charge is 2.33. The number of benzene rings is 1. The Balaban J connectivity index is 2.14. The number of nitrogens with zero attached hydrogens (tertiary/aromatic N) is 1. The second kappa shape index (κ2) is 6.39. The summed E-state index contributed by atoms with van der Waals surface area (Å²) in [5, 5.41) is 3.73. The van der Waals surface area contributed by atoms with Gasteiger partial charge in [0.25, 0.3) is 0 Å². The smallest absolute Gasteiger partial charge is 0.172 e. The van der Waals surface area contributed by atoms with Crippen LogP contribution in [0.25, 0.3) is 0 Å². The fraction of sp³-hybridized carbons (Fsp3) is 0.500. The van der Waals surface area contributed by atoms with E-state index in [0.717, 1.165) is 31.0 Å². The van der Waals surface area contributed by atoms with Gasteiger partial charge in [0.15, 0.2) is 5.11 Å². The molecule has 22 heavy (non-hydrogen) atoms. The third kappa shape index (κ3) is 3.68. The lowest BCUT2D eigenvalue weighted by Crippen LogP contribution is -2.51. The number of hydrogen-bond donors (Lipinski definition) is 2. The van der Waals surface area contributed by atoms with E-state index in [4.69, 9.17) is 18.0 Å². The highest BCUT2D eigenvalue weighted by molar-refractivity contribution is 7.80. The van der Waals surface area contributed by atoms with Crippen molar-refractivity contribution in [3.8, 4) is 0 Å². The number of rotatable bonds is 2. The highest BCUT2D eigenvalue weighted by Crippen LogP contribution is 2.33. The molecule has 3 nitrogen and oxygen atoms in total. The number of piperidine rings is 1. The van der Waals surface area contributed by atoms with Gasteiger partial charge in [-0.25, -0.2) is 0 Å². The summed E-state index contributed by atoms with van der Waals surface area (Å²) in [7, 11) is 0. The first-order valence-corrected chi connectivity index (χ1v) is 8.23. The van der Waals surface area contributed by atoms with Crippen molar-refractivity contribution in [1.82, 2.24) is 10.2 Å². The summed E-state index contributed by atoms with van der Waals surface area (Å²) in [6.45, 7) is 12.1. The monoisotopic (exact) mass is 317 g/mol. The number of thiocarbonyl (C=S) groups is 1. The lowest BCUT2D eigenvalue weighted by Gasteiger charge is -2.40. The SMILES string of the molecule is C=CNC(=S)N1CCC(N)(c2cccc(C(C)(C)C)c2)CC1. The first kappa shape index (κ1) is 17.0. The molecule has 3 N–H and O–H groups in total. The standard InChI is InChI=1S/C18H27N3S/c1-5-20-16(22)21-11-9-18(19,10-12-21)15-8-6-7-14(13-15)17(2,3)4/h5-8,13H,1,9-12,19H2,2-4H3,(H,20,22). The summed E-state index contributed by atoms with van der Waals surface area (Å²) >= 11 is 5.34. The second-order valence-electron chi connectivity index (χ2n) is 7.13. The molecule has 2 rings (SSSR count). The maximum atomic E-state index is 6.72. The first-order chi connectivity index (χ1) is 10.3. The predicted octanol–water partition coefficient (Wildman–Crippen LogP) is 3.25. The minimum absolute atomic E-state index is 0.141. The van der Waals surface area contributed by atoms with Crippen LogP contribution in [-0.2, 0) is 11.0 Å². The fourth-order valence-corrected chi connectivity index (χ4v) is 3.14. The Morgan fingerprint density at radius 3 is 2.55 bits per heavy atom. The van der Waals surface area contributed by atoms with Gasteiger partial charge < -0.3 is 16.0 Å². The maximum absolute atomic E-state index is 6.72. The van der Waals surface area contributed by atoms with Gasteiger partial charge in [0.05, 0.1) is 0 Å².